The van der Waals surface area contributed by atoms with Gasteiger partial charge in [-0.2, -0.15) is 0 Å². The van der Waals surface area contributed by atoms with Crippen molar-refractivity contribution in [3.63, 3.8) is 0 Å². The van der Waals surface area contributed by atoms with E-state index in [1.165, 1.54) is 10.9 Å². The van der Waals surface area contributed by atoms with Crippen LogP contribution in [0.15, 0.2) is 29.6 Å². The van der Waals surface area contributed by atoms with Crippen molar-refractivity contribution in [2.75, 3.05) is 0 Å². The lowest BCUT2D eigenvalue weighted by Crippen LogP contribution is -2.24. The summed E-state index contributed by atoms with van der Waals surface area (Å²) in [6.45, 7) is 0.292. The molecule has 0 spiro atoms. The third kappa shape index (κ3) is 2.38. The Morgan fingerprint density at radius 2 is 2.00 bits per heavy atom. The molecule has 7 heteroatoms. The molecule has 0 aromatic carbocycles. The Bertz CT molecular complexity index is 557. The lowest BCUT2D eigenvalue weighted by atomic mass is 10.5. The van der Waals surface area contributed by atoms with Gasteiger partial charge in [0.05, 0.1) is 12.9 Å². The average molecular weight is 349 g/mol. The molecule has 0 N–H and O–H groups in total. The standard InChI is InChI=1S/C9H6ClIN4O/c10-8-7(11)9(16)15(5-14-8)4-6-12-2-1-3-13-6/h1-3,5H,4H2. The van der Waals surface area contributed by atoms with Gasteiger partial charge in [0.25, 0.3) is 5.56 Å². The fraction of sp³-hybridized carbons (Fsp3) is 0.111. The van der Waals surface area contributed by atoms with Gasteiger partial charge in [0.1, 0.15) is 14.5 Å². The van der Waals surface area contributed by atoms with Gasteiger partial charge in [0, 0.05) is 12.4 Å². The average Bonchev–Trinajstić information content (AvgIpc) is 2.31. The van der Waals surface area contributed by atoms with Gasteiger partial charge in [-0.25, -0.2) is 15.0 Å². The molecule has 0 atom stereocenters. The van der Waals surface area contributed by atoms with Gasteiger partial charge in [0.15, 0.2) is 0 Å². The first-order chi connectivity index (χ1) is 7.68. The largest absolute Gasteiger partial charge is 0.291 e. The number of hydrogen-bond acceptors (Lipinski definition) is 4. The molecule has 2 aromatic rings. The summed E-state index contributed by atoms with van der Waals surface area (Å²) in [5.74, 6) is 0.560. The highest BCUT2D eigenvalue weighted by Gasteiger charge is 2.07. The van der Waals surface area contributed by atoms with E-state index < -0.39 is 0 Å². The summed E-state index contributed by atoms with van der Waals surface area (Å²) in [5.41, 5.74) is -0.187. The number of rotatable bonds is 2. The highest BCUT2D eigenvalue weighted by atomic mass is 127. The summed E-state index contributed by atoms with van der Waals surface area (Å²) in [4.78, 5) is 23.7. The second-order valence-corrected chi connectivity index (χ2v) is 4.38. The quantitative estimate of drug-likeness (QED) is 0.607. The summed E-state index contributed by atoms with van der Waals surface area (Å²) in [7, 11) is 0. The van der Waals surface area contributed by atoms with Crippen LogP contribution in [0, 0.1) is 3.57 Å². The van der Waals surface area contributed by atoms with Crippen molar-refractivity contribution in [3.8, 4) is 0 Å². The number of nitrogens with zero attached hydrogens (tertiary/aromatic N) is 4. The molecular formula is C9H6ClIN4O. The van der Waals surface area contributed by atoms with Gasteiger partial charge in [-0.1, -0.05) is 11.6 Å². The van der Waals surface area contributed by atoms with E-state index in [0.717, 1.165) is 0 Å². The van der Waals surface area contributed by atoms with Crippen molar-refractivity contribution < 1.29 is 0 Å². The maximum atomic E-state index is 11.8. The van der Waals surface area contributed by atoms with E-state index in [2.05, 4.69) is 15.0 Å². The first kappa shape index (κ1) is 11.5. The highest BCUT2D eigenvalue weighted by Crippen LogP contribution is 2.09. The van der Waals surface area contributed by atoms with Crippen molar-refractivity contribution in [1.29, 1.82) is 0 Å². The molecule has 0 fully saturated rings. The molecule has 82 valence electrons. The van der Waals surface area contributed by atoms with Crippen molar-refractivity contribution >= 4 is 34.2 Å². The topological polar surface area (TPSA) is 60.7 Å². The molecule has 0 aliphatic rings. The molecule has 2 heterocycles. The lowest BCUT2D eigenvalue weighted by molar-refractivity contribution is 0.692. The van der Waals surface area contributed by atoms with Crippen LogP contribution in [0.2, 0.25) is 5.15 Å². The zero-order valence-electron chi connectivity index (χ0n) is 7.97. The monoisotopic (exact) mass is 348 g/mol. The molecule has 0 aliphatic carbocycles. The SMILES string of the molecule is O=c1c(I)c(Cl)ncn1Cc1ncccn1. The van der Waals surface area contributed by atoms with E-state index in [1.807, 2.05) is 22.6 Å². The van der Waals surface area contributed by atoms with E-state index >= 15 is 0 Å². The summed E-state index contributed by atoms with van der Waals surface area (Å²) in [5, 5.41) is 0.218. The minimum absolute atomic E-state index is 0.187. The number of aromatic nitrogens is 4. The van der Waals surface area contributed by atoms with Crippen LogP contribution in [0.25, 0.3) is 0 Å². The molecule has 0 bridgehead atoms. The van der Waals surface area contributed by atoms with Gasteiger partial charge in [-0.05, 0) is 28.7 Å². The van der Waals surface area contributed by atoms with Crippen molar-refractivity contribution in [2.24, 2.45) is 0 Å². The third-order valence-corrected chi connectivity index (χ3v) is 3.45. The molecule has 0 saturated carbocycles. The molecule has 0 unspecified atom stereocenters. The smallest absolute Gasteiger partial charge is 0.268 e. The van der Waals surface area contributed by atoms with Crippen LogP contribution < -0.4 is 5.56 Å². The van der Waals surface area contributed by atoms with Crippen LogP contribution in [0.3, 0.4) is 0 Å². The molecular weight excluding hydrogens is 342 g/mol. The first-order valence-corrected chi connectivity index (χ1v) is 5.80. The zero-order chi connectivity index (χ0) is 11.5. The fourth-order valence-electron chi connectivity index (χ4n) is 1.12. The lowest BCUT2D eigenvalue weighted by Gasteiger charge is -2.04. The highest BCUT2D eigenvalue weighted by molar-refractivity contribution is 14.1. The Morgan fingerprint density at radius 1 is 1.31 bits per heavy atom. The van der Waals surface area contributed by atoms with Crippen molar-refractivity contribution in [1.82, 2.24) is 19.5 Å². The predicted molar refractivity (Wildman–Crippen MR) is 67.4 cm³/mol. The Balaban J connectivity index is 2.37. The Kier molecular flexibility index (Phi) is 3.49. The number of halogens is 2. The summed E-state index contributed by atoms with van der Waals surface area (Å²) >= 11 is 7.59. The summed E-state index contributed by atoms with van der Waals surface area (Å²) in [6.07, 6.45) is 4.65. The first-order valence-electron chi connectivity index (χ1n) is 4.35. The maximum Gasteiger partial charge on any atom is 0.268 e. The van der Waals surface area contributed by atoms with Gasteiger partial charge in [-0.15, -0.1) is 0 Å². The van der Waals surface area contributed by atoms with Gasteiger partial charge in [0.2, 0.25) is 0 Å². The summed E-state index contributed by atoms with van der Waals surface area (Å²) in [6, 6.07) is 1.72. The van der Waals surface area contributed by atoms with E-state index in [9.17, 15) is 4.79 Å². The molecule has 0 saturated heterocycles. The van der Waals surface area contributed by atoms with Crippen LogP contribution in [0.1, 0.15) is 5.82 Å². The molecule has 5 nitrogen and oxygen atoms in total. The van der Waals surface area contributed by atoms with Crippen LogP contribution in [-0.4, -0.2) is 19.5 Å². The van der Waals surface area contributed by atoms with Crippen LogP contribution >= 0.6 is 34.2 Å². The van der Waals surface area contributed by atoms with Crippen molar-refractivity contribution in [3.05, 3.63) is 49.7 Å². The van der Waals surface area contributed by atoms with Gasteiger partial charge < -0.3 is 0 Å². The molecule has 0 amide bonds. The van der Waals surface area contributed by atoms with E-state index in [1.54, 1.807) is 18.5 Å². The molecule has 0 radical (unpaired) electrons. The van der Waals surface area contributed by atoms with Gasteiger partial charge in [-0.3, -0.25) is 9.36 Å². The Labute approximate surface area is 110 Å². The minimum atomic E-state index is -0.187. The zero-order valence-corrected chi connectivity index (χ0v) is 10.9. The predicted octanol–water partition coefficient (Wildman–Crippen LogP) is 1.34. The van der Waals surface area contributed by atoms with Crippen LogP contribution in [-0.2, 0) is 6.54 Å². The second kappa shape index (κ2) is 4.88. The Morgan fingerprint density at radius 3 is 2.69 bits per heavy atom. The molecule has 2 aromatic heterocycles. The summed E-state index contributed by atoms with van der Waals surface area (Å²) < 4.78 is 1.82. The van der Waals surface area contributed by atoms with Crippen LogP contribution in [0.4, 0.5) is 0 Å². The Hall–Kier alpha value is -1.02. The normalized spacial score (nSPS) is 10.4. The van der Waals surface area contributed by atoms with E-state index in [-0.39, 0.29) is 10.7 Å². The van der Waals surface area contributed by atoms with Gasteiger partial charge >= 0.3 is 0 Å². The third-order valence-electron chi connectivity index (χ3n) is 1.87. The molecule has 16 heavy (non-hydrogen) atoms. The van der Waals surface area contributed by atoms with E-state index in [0.29, 0.717) is 15.9 Å². The van der Waals surface area contributed by atoms with Crippen molar-refractivity contribution in [2.45, 2.75) is 6.54 Å². The van der Waals surface area contributed by atoms with E-state index in [4.69, 9.17) is 11.6 Å². The fourth-order valence-corrected chi connectivity index (χ4v) is 1.69. The molecule has 0 aliphatic heterocycles. The van der Waals surface area contributed by atoms with Crippen LogP contribution in [0.5, 0.6) is 0 Å². The minimum Gasteiger partial charge on any atom is -0.291 e. The second-order valence-electron chi connectivity index (χ2n) is 2.95. The number of hydrogen-bond donors (Lipinski definition) is 0. The molecule has 2 rings (SSSR count). The maximum absolute atomic E-state index is 11.8.